The van der Waals surface area contributed by atoms with Crippen LogP contribution in [-0.4, -0.2) is 46.5 Å². The van der Waals surface area contributed by atoms with Gasteiger partial charge in [0, 0.05) is 31.0 Å². The average Bonchev–Trinajstić information content (AvgIpc) is 3.55. The second-order valence-electron chi connectivity index (χ2n) is 10.1. The first-order chi connectivity index (χ1) is 16.0. The van der Waals surface area contributed by atoms with Crippen molar-refractivity contribution in [3.63, 3.8) is 0 Å². The molecule has 0 N–H and O–H groups in total. The number of para-hydroxylation sites is 1. The smallest absolute Gasteiger partial charge is 0.240 e. The number of rotatable bonds is 7. The number of carbonyl (C=O) groups is 1. The van der Waals surface area contributed by atoms with E-state index in [1.54, 1.807) is 0 Å². The summed E-state index contributed by atoms with van der Waals surface area (Å²) in [5.41, 5.74) is 3.68. The normalized spacial score (nSPS) is 21.8. The number of hydrogen-bond acceptors (Lipinski definition) is 4. The van der Waals surface area contributed by atoms with Gasteiger partial charge in [0.05, 0.1) is 17.5 Å². The zero-order valence-corrected chi connectivity index (χ0v) is 20.1. The molecule has 8 heteroatoms. The van der Waals surface area contributed by atoms with Gasteiger partial charge in [-0.3, -0.25) is 4.79 Å². The van der Waals surface area contributed by atoms with Gasteiger partial charge in [-0.1, -0.05) is 31.5 Å². The van der Waals surface area contributed by atoms with Crippen LogP contribution in [0.15, 0.2) is 24.3 Å². The first-order valence-electron chi connectivity index (χ1n) is 12.4. The number of nitrogens with zero attached hydrogens (tertiary/aromatic N) is 4. The van der Waals surface area contributed by atoms with Gasteiger partial charge in [0.25, 0.3) is 0 Å². The van der Waals surface area contributed by atoms with Crippen molar-refractivity contribution in [2.75, 3.05) is 18.0 Å². The lowest BCUT2D eigenvalue weighted by Crippen LogP contribution is -2.65. The number of aryl methyl sites for hydroxylation is 1. The van der Waals surface area contributed by atoms with E-state index in [1.807, 2.05) is 29.2 Å². The van der Waals surface area contributed by atoms with E-state index in [4.69, 9.17) is 4.98 Å². The summed E-state index contributed by atoms with van der Waals surface area (Å²) >= 11 is 0. The molecule has 1 saturated carbocycles. The highest BCUT2D eigenvalue weighted by Gasteiger charge is 2.62. The summed E-state index contributed by atoms with van der Waals surface area (Å²) < 4.78 is 29.4. The average molecular weight is 469 g/mol. The Bertz CT molecular complexity index is 1210. The molecule has 0 unspecified atom stereocenters. The van der Waals surface area contributed by atoms with Crippen molar-refractivity contribution < 1.29 is 13.2 Å². The molecule has 33 heavy (non-hydrogen) atoms. The van der Waals surface area contributed by atoms with Gasteiger partial charge in [0.2, 0.25) is 15.9 Å². The van der Waals surface area contributed by atoms with Gasteiger partial charge < -0.3 is 9.47 Å². The zero-order chi connectivity index (χ0) is 22.8. The highest BCUT2D eigenvalue weighted by atomic mass is 32.2. The van der Waals surface area contributed by atoms with Gasteiger partial charge in [-0.15, -0.1) is 0 Å². The molecule has 7 nitrogen and oxygen atoms in total. The van der Waals surface area contributed by atoms with Crippen LogP contribution in [0.25, 0.3) is 0 Å². The number of aromatic nitrogens is 2. The topological polar surface area (TPSA) is 75.5 Å². The molecule has 176 valence electrons. The summed E-state index contributed by atoms with van der Waals surface area (Å²) in [5, 5.41) is -0.241. The van der Waals surface area contributed by atoms with Gasteiger partial charge in [-0.25, -0.2) is 13.4 Å². The third-order valence-electron chi connectivity index (χ3n) is 7.91. The maximum absolute atomic E-state index is 13.9. The van der Waals surface area contributed by atoms with Gasteiger partial charge in [-0.2, -0.15) is 4.31 Å². The Kier molecular flexibility index (Phi) is 4.96. The Morgan fingerprint density at radius 1 is 1.12 bits per heavy atom. The minimum atomic E-state index is -3.27. The van der Waals surface area contributed by atoms with Gasteiger partial charge in [0.15, 0.2) is 0 Å². The molecule has 2 fully saturated rings. The number of amides is 1. The van der Waals surface area contributed by atoms with Crippen molar-refractivity contribution in [2.45, 2.75) is 82.0 Å². The van der Waals surface area contributed by atoms with Crippen LogP contribution < -0.4 is 4.90 Å². The molecule has 0 bridgehead atoms. The molecule has 2 aliphatic carbocycles. The van der Waals surface area contributed by atoms with Gasteiger partial charge >= 0.3 is 0 Å². The number of carbonyl (C=O) groups excluding carboxylic acids is 1. The van der Waals surface area contributed by atoms with Gasteiger partial charge in [0.1, 0.15) is 11.2 Å². The minimum Gasteiger partial charge on any atom is -0.330 e. The number of anilines is 1. The van der Waals surface area contributed by atoms with Crippen LogP contribution in [0.3, 0.4) is 0 Å². The van der Waals surface area contributed by atoms with E-state index in [0.717, 1.165) is 62.1 Å². The minimum absolute atomic E-state index is 0.0222. The van der Waals surface area contributed by atoms with Crippen LogP contribution in [0.4, 0.5) is 5.69 Å². The number of sulfonamides is 1. The third kappa shape index (κ3) is 3.21. The molecule has 2 aliphatic heterocycles. The fourth-order valence-electron chi connectivity index (χ4n) is 5.87. The quantitative estimate of drug-likeness (QED) is 0.626. The fourth-order valence-corrected chi connectivity index (χ4v) is 7.82. The number of hydrogen-bond donors (Lipinski definition) is 0. The predicted octanol–water partition coefficient (Wildman–Crippen LogP) is 3.15. The second kappa shape index (κ2) is 7.67. The summed E-state index contributed by atoms with van der Waals surface area (Å²) in [7, 11) is -3.27. The van der Waals surface area contributed by atoms with E-state index < -0.39 is 15.4 Å². The van der Waals surface area contributed by atoms with E-state index in [1.165, 1.54) is 28.5 Å². The Morgan fingerprint density at radius 2 is 1.88 bits per heavy atom. The predicted molar refractivity (Wildman–Crippen MR) is 127 cm³/mol. The number of unbranched alkanes of at least 4 members (excludes halogenated alkanes) is 1. The Labute approximate surface area is 195 Å². The van der Waals surface area contributed by atoms with E-state index in [2.05, 4.69) is 11.5 Å². The standard InChI is InChI=1S/C25H32N4O3S/c1-2-3-14-28-22-11-7-5-9-20(22)26-23(28)15-29-21-10-6-4-8-19(21)25(24(29)30)16-27(17-25)33(31,32)18-12-13-18/h4,6,8,10,18H,2-3,5,7,9,11-17H2,1H3. The third-order valence-corrected chi connectivity index (χ3v) is 10.2. The van der Waals surface area contributed by atoms with Crippen LogP contribution in [0, 0.1) is 0 Å². The van der Waals surface area contributed by atoms with Crippen molar-refractivity contribution in [1.29, 1.82) is 0 Å². The SMILES string of the molecule is CCCCn1c(CN2C(=O)C3(CN(S(=O)(=O)C4CC4)C3)c3ccccc32)nc2c1CCCC2. The van der Waals surface area contributed by atoms with Crippen LogP contribution in [0.2, 0.25) is 0 Å². The second-order valence-corrected chi connectivity index (χ2v) is 12.3. The van der Waals surface area contributed by atoms with Crippen molar-refractivity contribution in [1.82, 2.24) is 13.9 Å². The van der Waals surface area contributed by atoms with E-state index in [9.17, 15) is 13.2 Å². The molecule has 0 radical (unpaired) electrons. The molecule has 1 spiro atoms. The van der Waals surface area contributed by atoms with Crippen LogP contribution >= 0.6 is 0 Å². The molecule has 0 atom stereocenters. The van der Waals surface area contributed by atoms with Crippen molar-refractivity contribution in [2.24, 2.45) is 0 Å². The van der Waals surface area contributed by atoms with Crippen LogP contribution in [0.5, 0.6) is 0 Å². The van der Waals surface area contributed by atoms with E-state index in [-0.39, 0.29) is 24.2 Å². The van der Waals surface area contributed by atoms with Crippen LogP contribution in [-0.2, 0) is 46.2 Å². The monoisotopic (exact) mass is 468 g/mol. The lowest BCUT2D eigenvalue weighted by Gasteiger charge is -2.45. The summed E-state index contributed by atoms with van der Waals surface area (Å²) in [6.45, 7) is 4.11. The number of benzene rings is 1. The Morgan fingerprint density at radius 3 is 2.64 bits per heavy atom. The van der Waals surface area contributed by atoms with Crippen molar-refractivity contribution in [3.05, 3.63) is 47.0 Å². The Balaban J connectivity index is 1.32. The van der Waals surface area contributed by atoms with E-state index >= 15 is 0 Å². The number of fused-ring (bicyclic) bond motifs is 3. The lowest BCUT2D eigenvalue weighted by atomic mass is 9.76. The Hall–Kier alpha value is -2.19. The fraction of sp³-hybridized carbons (Fsp3) is 0.600. The summed E-state index contributed by atoms with van der Waals surface area (Å²) in [6, 6.07) is 7.92. The highest BCUT2D eigenvalue weighted by Crippen LogP contribution is 2.50. The maximum Gasteiger partial charge on any atom is 0.240 e. The molecule has 1 amide bonds. The first kappa shape index (κ1) is 21.4. The molecule has 1 saturated heterocycles. The zero-order valence-electron chi connectivity index (χ0n) is 19.3. The molecule has 1 aromatic heterocycles. The maximum atomic E-state index is 13.9. The molecule has 3 heterocycles. The molecule has 2 aromatic rings. The summed E-state index contributed by atoms with van der Waals surface area (Å²) in [6.07, 6.45) is 8.16. The summed E-state index contributed by atoms with van der Waals surface area (Å²) in [5.74, 6) is 0.992. The lowest BCUT2D eigenvalue weighted by molar-refractivity contribution is -0.127. The highest BCUT2D eigenvalue weighted by molar-refractivity contribution is 7.90. The molecular formula is C25H32N4O3S. The molecule has 4 aliphatic rings. The van der Waals surface area contributed by atoms with Crippen molar-refractivity contribution >= 4 is 21.6 Å². The van der Waals surface area contributed by atoms with Crippen molar-refractivity contribution in [3.8, 4) is 0 Å². The van der Waals surface area contributed by atoms with Gasteiger partial charge in [-0.05, 0) is 56.6 Å². The van der Waals surface area contributed by atoms with Crippen LogP contribution in [0.1, 0.15) is 68.2 Å². The molecule has 1 aromatic carbocycles. The number of imidazole rings is 1. The molecule has 6 rings (SSSR count). The molecular weight excluding hydrogens is 436 g/mol. The summed E-state index contributed by atoms with van der Waals surface area (Å²) in [4.78, 5) is 20.7. The van der Waals surface area contributed by atoms with E-state index in [0.29, 0.717) is 6.54 Å². The largest absolute Gasteiger partial charge is 0.330 e. The first-order valence-corrected chi connectivity index (χ1v) is 13.9.